The van der Waals surface area contributed by atoms with E-state index in [-0.39, 0.29) is 23.3 Å². The van der Waals surface area contributed by atoms with Crippen LogP contribution in [0.4, 0.5) is 15.2 Å². The lowest BCUT2D eigenvalue weighted by Gasteiger charge is -2.11. The number of rotatable bonds is 6. The predicted octanol–water partition coefficient (Wildman–Crippen LogP) is 3.13. The van der Waals surface area contributed by atoms with E-state index in [9.17, 15) is 14.0 Å². The highest BCUT2D eigenvalue weighted by molar-refractivity contribution is 7.17. The van der Waals surface area contributed by atoms with E-state index in [2.05, 4.69) is 20.7 Å². The van der Waals surface area contributed by atoms with Gasteiger partial charge in [-0.1, -0.05) is 11.3 Å². The summed E-state index contributed by atoms with van der Waals surface area (Å²) in [5.74, 6) is -1.70. The number of anilines is 2. The minimum Gasteiger partial charge on any atom is -0.375 e. The number of hydrogen-bond acceptors (Lipinski definition) is 6. The molecular weight excluding hydrogens is 395 g/mol. The zero-order chi connectivity index (χ0) is 21.1. The van der Waals surface area contributed by atoms with Gasteiger partial charge in [0, 0.05) is 17.9 Å². The van der Waals surface area contributed by atoms with Crippen molar-refractivity contribution in [1.82, 2.24) is 20.1 Å². The molecule has 10 heteroatoms. The first-order valence-corrected chi connectivity index (χ1v) is 9.71. The summed E-state index contributed by atoms with van der Waals surface area (Å²) in [7, 11) is 0. The maximum absolute atomic E-state index is 14.4. The molecule has 29 heavy (non-hydrogen) atoms. The number of thiazole rings is 1. The number of aryl methyl sites for hydroxylation is 1. The Bertz CT molecular complexity index is 1060. The van der Waals surface area contributed by atoms with Crippen molar-refractivity contribution in [3.8, 4) is 0 Å². The lowest BCUT2D eigenvalue weighted by Crippen LogP contribution is -2.25. The van der Waals surface area contributed by atoms with E-state index in [0.29, 0.717) is 21.8 Å². The molecule has 0 saturated heterocycles. The summed E-state index contributed by atoms with van der Waals surface area (Å²) in [5, 5.41) is 9.93. The fourth-order valence-corrected chi connectivity index (χ4v) is 3.16. The van der Waals surface area contributed by atoms with Gasteiger partial charge in [0.15, 0.2) is 5.13 Å². The maximum atomic E-state index is 14.4. The number of benzene rings is 1. The molecule has 2 heterocycles. The standard InChI is InChI=1S/C19H21FN6O2S/c1-10(2)26-5-4-12(25-26)8-22-17(27)13-7-15(11(3)6-14(13)20)24-18(28)16-9-23-19(21)29-16/h4-7,9-10H,8H2,1-3H3,(H2,21,23)(H,22,27)(H,24,28). The molecule has 0 spiro atoms. The monoisotopic (exact) mass is 416 g/mol. The Labute approximate surface area is 170 Å². The maximum Gasteiger partial charge on any atom is 0.267 e. The molecule has 3 aromatic rings. The minimum absolute atomic E-state index is 0.160. The van der Waals surface area contributed by atoms with Crippen LogP contribution in [-0.4, -0.2) is 26.6 Å². The summed E-state index contributed by atoms with van der Waals surface area (Å²) in [6.07, 6.45) is 3.18. The third kappa shape index (κ3) is 4.77. The SMILES string of the molecule is Cc1cc(F)c(C(=O)NCc2ccn(C(C)C)n2)cc1NC(=O)c1cnc(N)s1. The number of nitrogens with two attached hydrogens (primary N) is 1. The van der Waals surface area contributed by atoms with Crippen molar-refractivity contribution in [3.63, 3.8) is 0 Å². The number of nitrogen functional groups attached to an aromatic ring is 1. The molecule has 4 N–H and O–H groups in total. The van der Waals surface area contributed by atoms with Crippen LogP contribution in [0, 0.1) is 12.7 Å². The molecule has 0 atom stereocenters. The molecule has 1 aromatic carbocycles. The molecule has 0 aliphatic carbocycles. The second-order valence-corrected chi connectivity index (χ2v) is 7.79. The Kier molecular flexibility index (Phi) is 5.92. The van der Waals surface area contributed by atoms with Gasteiger partial charge in [-0.2, -0.15) is 5.10 Å². The van der Waals surface area contributed by atoms with Crippen molar-refractivity contribution >= 4 is 34.0 Å². The van der Waals surface area contributed by atoms with Crippen LogP contribution < -0.4 is 16.4 Å². The van der Waals surface area contributed by atoms with Crippen molar-refractivity contribution in [2.75, 3.05) is 11.1 Å². The Hall–Kier alpha value is -3.27. The molecule has 2 amide bonds. The van der Waals surface area contributed by atoms with Gasteiger partial charge >= 0.3 is 0 Å². The van der Waals surface area contributed by atoms with Gasteiger partial charge < -0.3 is 16.4 Å². The van der Waals surface area contributed by atoms with Crippen molar-refractivity contribution in [2.24, 2.45) is 0 Å². The quantitative estimate of drug-likeness (QED) is 0.571. The average Bonchev–Trinajstić information content (AvgIpc) is 3.31. The molecule has 0 aliphatic rings. The number of aromatic nitrogens is 3. The van der Waals surface area contributed by atoms with Crippen molar-refractivity contribution in [1.29, 1.82) is 0 Å². The third-order valence-corrected chi connectivity index (χ3v) is 5.00. The van der Waals surface area contributed by atoms with Gasteiger partial charge in [0.2, 0.25) is 0 Å². The summed E-state index contributed by atoms with van der Waals surface area (Å²) >= 11 is 1.04. The highest BCUT2D eigenvalue weighted by Crippen LogP contribution is 2.23. The average molecular weight is 416 g/mol. The van der Waals surface area contributed by atoms with E-state index in [1.54, 1.807) is 17.7 Å². The zero-order valence-electron chi connectivity index (χ0n) is 16.2. The van der Waals surface area contributed by atoms with Crippen LogP contribution in [0.2, 0.25) is 0 Å². The largest absolute Gasteiger partial charge is 0.375 e. The van der Waals surface area contributed by atoms with Crippen LogP contribution in [0.15, 0.2) is 30.6 Å². The smallest absolute Gasteiger partial charge is 0.267 e. The van der Waals surface area contributed by atoms with Crippen LogP contribution in [0.1, 0.15) is 51.2 Å². The van der Waals surface area contributed by atoms with E-state index in [4.69, 9.17) is 5.73 Å². The number of nitrogens with zero attached hydrogens (tertiary/aromatic N) is 3. The van der Waals surface area contributed by atoms with E-state index in [0.717, 1.165) is 11.3 Å². The molecule has 0 unspecified atom stereocenters. The Morgan fingerprint density at radius 1 is 1.31 bits per heavy atom. The molecule has 3 rings (SSSR count). The lowest BCUT2D eigenvalue weighted by molar-refractivity contribution is 0.0945. The van der Waals surface area contributed by atoms with Gasteiger partial charge in [0.1, 0.15) is 10.7 Å². The summed E-state index contributed by atoms with van der Waals surface area (Å²) in [5.41, 5.74) is 6.85. The Balaban J connectivity index is 1.73. The van der Waals surface area contributed by atoms with Crippen LogP contribution >= 0.6 is 11.3 Å². The molecular formula is C19H21FN6O2S. The molecule has 8 nitrogen and oxygen atoms in total. The van der Waals surface area contributed by atoms with E-state index in [1.165, 1.54) is 18.3 Å². The van der Waals surface area contributed by atoms with Gasteiger partial charge in [-0.3, -0.25) is 14.3 Å². The minimum atomic E-state index is -0.673. The van der Waals surface area contributed by atoms with Crippen molar-refractivity contribution in [2.45, 2.75) is 33.4 Å². The summed E-state index contributed by atoms with van der Waals surface area (Å²) in [6, 6.07) is 4.51. The van der Waals surface area contributed by atoms with Crippen LogP contribution in [-0.2, 0) is 6.54 Å². The fourth-order valence-electron chi connectivity index (χ4n) is 2.58. The topological polar surface area (TPSA) is 115 Å². The van der Waals surface area contributed by atoms with Crippen LogP contribution in [0.25, 0.3) is 0 Å². The third-order valence-electron chi connectivity index (χ3n) is 4.18. The van der Waals surface area contributed by atoms with Crippen LogP contribution in [0.3, 0.4) is 0 Å². The van der Waals surface area contributed by atoms with E-state index < -0.39 is 17.6 Å². The molecule has 2 aromatic heterocycles. The summed E-state index contributed by atoms with van der Waals surface area (Å²) in [6.45, 7) is 5.79. The normalized spacial score (nSPS) is 10.9. The lowest BCUT2D eigenvalue weighted by atomic mass is 10.1. The summed E-state index contributed by atoms with van der Waals surface area (Å²) < 4.78 is 16.1. The number of amides is 2. The van der Waals surface area contributed by atoms with Gasteiger partial charge in [-0.25, -0.2) is 9.37 Å². The number of carbonyl (C=O) groups excluding carboxylic acids is 2. The molecule has 0 saturated carbocycles. The van der Waals surface area contributed by atoms with Gasteiger partial charge in [0.05, 0.1) is 24.0 Å². The molecule has 0 aliphatic heterocycles. The highest BCUT2D eigenvalue weighted by Gasteiger charge is 2.17. The van der Waals surface area contributed by atoms with Gasteiger partial charge in [0.25, 0.3) is 11.8 Å². The first-order chi connectivity index (χ1) is 13.7. The van der Waals surface area contributed by atoms with Crippen molar-refractivity contribution < 1.29 is 14.0 Å². The first-order valence-electron chi connectivity index (χ1n) is 8.89. The van der Waals surface area contributed by atoms with Gasteiger partial charge in [-0.05, 0) is 44.5 Å². The fraction of sp³-hybridized carbons (Fsp3) is 0.263. The van der Waals surface area contributed by atoms with Gasteiger partial charge in [-0.15, -0.1) is 0 Å². The van der Waals surface area contributed by atoms with Crippen LogP contribution in [0.5, 0.6) is 0 Å². The Morgan fingerprint density at radius 2 is 2.07 bits per heavy atom. The number of nitrogens with one attached hydrogen (secondary N) is 2. The molecule has 0 radical (unpaired) electrons. The summed E-state index contributed by atoms with van der Waals surface area (Å²) in [4.78, 5) is 28.9. The Morgan fingerprint density at radius 3 is 2.69 bits per heavy atom. The van der Waals surface area contributed by atoms with Crippen molar-refractivity contribution in [3.05, 3.63) is 58.1 Å². The molecule has 152 valence electrons. The zero-order valence-corrected chi connectivity index (χ0v) is 17.0. The second kappa shape index (κ2) is 8.39. The highest BCUT2D eigenvalue weighted by atomic mass is 32.1. The molecule has 0 fully saturated rings. The predicted molar refractivity (Wildman–Crippen MR) is 109 cm³/mol. The second-order valence-electron chi connectivity index (χ2n) is 6.73. The number of hydrogen-bond donors (Lipinski definition) is 3. The van der Waals surface area contributed by atoms with E-state index >= 15 is 0 Å². The van der Waals surface area contributed by atoms with E-state index in [1.807, 2.05) is 20.0 Å². The number of halogens is 1. The molecule has 0 bridgehead atoms. The first kappa shape index (κ1) is 20.5. The number of carbonyl (C=O) groups is 2.